The van der Waals surface area contributed by atoms with Crippen LogP contribution >= 0.6 is 11.3 Å². The lowest BCUT2D eigenvalue weighted by Crippen LogP contribution is -2.45. The number of amides is 1. The van der Waals surface area contributed by atoms with Crippen molar-refractivity contribution in [2.45, 2.75) is 19.3 Å². The second kappa shape index (κ2) is 10.4. The minimum atomic E-state index is -0.257. The number of nitrogens with one attached hydrogen (secondary N) is 1. The van der Waals surface area contributed by atoms with Gasteiger partial charge in [-0.15, -0.1) is 5.10 Å². The molecule has 5 rings (SSSR count). The molecule has 2 aromatic heterocycles. The zero-order valence-electron chi connectivity index (χ0n) is 19.6. The number of nitrogens with zero attached hydrogens (tertiary/aromatic N) is 6. The second-order valence-electron chi connectivity index (χ2n) is 9.30. The van der Waals surface area contributed by atoms with Gasteiger partial charge in [0.2, 0.25) is 16.0 Å². The van der Waals surface area contributed by atoms with E-state index >= 15 is 0 Å². The number of rotatable bonds is 7. The number of hydrogen-bond acceptors (Lipinski definition) is 7. The summed E-state index contributed by atoms with van der Waals surface area (Å²) in [4.78, 5) is 25.2. The monoisotopic (exact) mass is 485 g/mol. The summed E-state index contributed by atoms with van der Waals surface area (Å²) < 4.78 is 15.0. The third-order valence-electron chi connectivity index (χ3n) is 6.86. The van der Waals surface area contributed by atoms with E-state index in [9.17, 15) is 9.18 Å². The van der Waals surface area contributed by atoms with E-state index in [1.54, 1.807) is 28.0 Å². The van der Waals surface area contributed by atoms with Crippen molar-refractivity contribution in [2.75, 3.05) is 64.3 Å². The molecule has 2 aliphatic rings. The van der Waals surface area contributed by atoms with Gasteiger partial charge in [-0.25, -0.2) is 13.9 Å². The van der Waals surface area contributed by atoms with E-state index in [1.807, 2.05) is 6.20 Å². The van der Waals surface area contributed by atoms with E-state index in [0.29, 0.717) is 0 Å². The SMILES string of the molecule is CN1CCN(CCCNC(=O)C2CCN(c3nn4cc(-c5ccc(F)cc5)nc4s3)CC2)CC1. The average Bonchev–Trinajstić information content (AvgIpc) is 3.43. The number of aromatic nitrogens is 3. The molecular weight excluding hydrogens is 453 g/mol. The number of likely N-dealkylation sites (N-methyl/N-ethyl adjacent to an activating group) is 1. The fraction of sp³-hybridized carbons (Fsp3) is 0.542. The quantitative estimate of drug-likeness (QED) is 0.519. The van der Waals surface area contributed by atoms with Gasteiger partial charge >= 0.3 is 0 Å². The number of imidazole rings is 1. The Morgan fingerprint density at radius 1 is 1.12 bits per heavy atom. The molecule has 0 atom stereocenters. The summed E-state index contributed by atoms with van der Waals surface area (Å²) in [5.74, 6) is 0.0119. The van der Waals surface area contributed by atoms with Gasteiger partial charge in [-0.1, -0.05) is 11.3 Å². The average molecular weight is 486 g/mol. The van der Waals surface area contributed by atoms with Crippen LogP contribution in [0.1, 0.15) is 19.3 Å². The number of carbonyl (C=O) groups is 1. The van der Waals surface area contributed by atoms with Gasteiger partial charge in [0.25, 0.3) is 0 Å². The minimum absolute atomic E-state index is 0.0778. The van der Waals surface area contributed by atoms with Crippen LogP contribution in [0, 0.1) is 11.7 Å². The maximum Gasteiger partial charge on any atom is 0.223 e. The summed E-state index contributed by atoms with van der Waals surface area (Å²) in [6, 6.07) is 6.33. The lowest BCUT2D eigenvalue weighted by Gasteiger charge is -2.32. The maximum absolute atomic E-state index is 13.2. The Hall–Kier alpha value is -2.56. The van der Waals surface area contributed by atoms with Crippen molar-refractivity contribution < 1.29 is 9.18 Å². The molecule has 8 nitrogen and oxygen atoms in total. The van der Waals surface area contributed by atoms with Gasteiger partial charge in [-0.2, -0.15) is 0 Å². The summed E-state index contributed by atoms with van der Waals surface area (Å²) in [6.45, 7) is 7.96. The number of fused-ring (bicyclic) bond motifs is 1. The molecule has 1 aromatic carbocycles. The third-order valence-corrected chi connectivity index (χ3v) is 7.84. The van der Waals surface area contributed by atoms with E-state index in [2.05, 4.69) is 32.0 Å². The van der Waals surface area contributed by atoms with Crippen molar-refractivity contribution in [1.82, 2.24) is 29.7 Å². The van der Waals surface area contributed by atoms with Crippen molar-refractivity contribution in [1.29, 1.82) is 0 Å². The normalized spacial score (nSPS) is 18.6. The van der Waals surface area contributed by atoms with Gasteiger partial charge in [0.15, 0.2) is 0 Å². The highest BCUT2D eigenvalue weighted by Crippen LogP contribution is 2.29. The van der Waals surface area contributed by atoms with E-state index in [0.717, 1.165) is 93.0 Å². The second-order valence-corrected chi connectivity index (χ2v) is 10.2. The van der Waals surface area contributed by atoms with E-state index < -0.39 is 0 Å². The Morgan fingerprint density at radius 3 is 2.56 bits per heavy atom. The Bertz CT molecular complexity index is 1070. The number of carbonyl (C=O) groups excluding carboxylic acids is 1. The van der Waals surface area contributed by atoms with Crippen LogP contribution in [0.25, 0.3) is 16.2 Å². The van der Waals surface area contributed by atoms with Crippen LogP contribution in [0.4, 0.5) is 9.52 Å². The van der Waals surface area contributed by atoms with Gasteiger partial charge in [-0.3, -0.25) is 4.79 Å². The zero-order valence-corrected chi connectivity index (χ0v) is 20.4. The van der Waals surface area contributed by atoms with Crippen LogP contribution in [-0.2, 0) is 4.79 Å². The summed E-state index contributed by atoms with van der Waals surface area (Å²) in [5, 5.41) is 8.78. The standard InChI is InChI=1S/C24H32FN7OS/c1-29-13-15-30(16-14-29)10-2-9-26-22(33)19-7-11-31(12-8-19)24-28-32-17-21(27-23(32)34-24)18-3-5-20(25)6-4-18/h3-6,17,19H,2,7-16H2,1H3,(H,26,33). The molecule has 2 aliphatic heterocycles. The van der Waals surface area contributed by atoms with E-state index in [4.69, 9.17) is 5.10 Å². The van der Waals surface area contributed by atoms with Crippen LogP contribution < -0.4 is 10.2 Å². The summed E-state index contributed by atoms with van der Waals surface area (Å²) >= 11 is 1.55. The number of anilines is 1. The first kappa shape index (κ1) is 23.2. The topological polar surface area (TPSA) is 69.0 Å². The smallest absolute Gasteiger partial charge is 0.223 e. The Morgan fingerprint density at radius 2 is 1.85 bits per heavy atom. The van der Waals surface area contributed by atoms with Crippen LogP contribution in [0.15, 0.2) is 30.5 Å². The Labute approximate surface area is 203 Å². The molecule has 10 heteroatoms. The molecule has 0 bridgehead atoms. The van der Waals surface area contributed by atoms with Crippen LogP contribution in [-0.4, -0.2) is 89.7 Å². The highest BCUT2D eigenvalue weighted by atomic mass is 32.1. The molecule has 0 saturated carbocycles. The molecule has 182 valence electrons. The van der Waals surface area contributed by atoms with Gasteiger partial charge in [0, 0.05) is 57.3 Å². The molecular formula is C24H32FN7OS. The molecule has 2 fully saturated rings. The molecule has 34 heavy (non-hydrogen) atoms. The van der Waals surface area contributed by atoms with Gasteiger partial charge in [0.1, 0.15) is 5.82 Å². The molecule has 0 unspecified atom stereocenters. The van der Waals surface area contributed by atoms with Crippen LogP contribution in [0.5, 0.6) is 0 Å². The summed E-state index contributed by atoms with van der Waals surface area (Å²) in [6.07, 6.45) is 4.57. The fourth-order valence-corrected chi connectivity index (χ4v) is 5.58. The largest absolute Gasteiger partial charge is 0.356 e. The molecule has 2 saturated heterocycles. The predicted molar refractivity (Wildman–Crippen MR) is 133 cm³/mol. The number of halogens is 1. The van der Waals surface area contributed by atoms with Crippen molar-refractivity contribution in [3.05, 3.63) is 36.3 Å². The molecule has 0 spiro atoms. The molecule has 1 N–H and O–H groups in total. The van der Waals surface area contributed by atoms with Gasteiger partial charge in [-0.05, 0) is 57.1 Å². The van der Waals surface area contributed by atoms with Crippen molar-refractivity contribution in [3.63, 3.8) is 0 Å². The highest BCUT2D eigenvalue weighted by molar-refractivity contribution is 7.20. The van der Waals surface area contributed by atoms with Crippen molar-refractivity contribution in [3.8, 4) is 11.3 Å². The number of piperidine rings is 1. The first-order valence-corrected chi connectivity index (χ1v) is 12.9. The third kappa shape index (κ3) is 5.39. The number of piperazine rings is 1. The number of benzene rings is 1. The predicted octanol–water partition coefficient (Wildman–Crippen LogP) is 2.57. The summed E-state index contributed by atoms with van der Waals surface area (Å²) in [7, 11) is 2.17. The molecule has 0 aliphatic carbocycles. The molecule has 3 aromatic rings. The first-order valence-electron chi connectivity index (χ1n) is 12.1. The zero-order chi connectivity index (χ0) is 23.5. The fourth-order valence-electron chi connectivity index (χ4n) is 4.64. The minimum Gasteiger partial charge on any atom is -0.356 e. The van der Waals surface area contributed by atoms with Crippen LogP contribution in [0.3, 0.4) is 0 Å². The molecule has 1 amide bonds. The first-order chi connectivity index (χ1) is 16.5. The Balaban J connectivity index is 1.07. The van der Waals surface area contributed by atoms with Crippen molar-refractivity contribution >= 4 is 27.3 Å². The van der Waals surface area contributed by atoms with Gasteiger partial charge in [0.05, 0.1) is 11.9 Å². The highest BCUT2D eigenvalue weighted by Gasteiger charge is 2.27. The Kier molecular flexibility index (Phi) is 7.07. The lowest BCUT2D eigenvalue weighted by molar-refractivity contribution is -0.125. The van der Waals surface area contributed by atoms with Gasteiger partial charge < -0.3 is 20.0 Å². The lowest BCUT2D eigenvalue weighted by atomic mass is 9.96. The molecule has 0 radical (unpaired) electrons. The summed E-state index contributed by atoms with van der Waals surface area (Å²) in [5.41, 5.74) is 1.66. The van der Waals surface area contributed by atoms with E-state index in [1.165, 1.54) is 12.1 Å². The molecule has 4 heterocycles. The number of hydrogen-bond donors (Lipinski definition) is 1. The maximum atomic E-state index is 13.2. The van der Waals surface area contributed by atoms with Crippen molar-refractivity contribution in [2.24, 2.45) is 5.92 Å². The van der Waals surface area contributed by atoms with E-state index in [-0.39, 0.29) is 17.6 Å². The van der Waals surface area contributed by atoms with Crippen LogP contribution in [0.2, 0.25) is 0 Å².